The lowest BCUT2D eigenvalue weighted by molar-refractivity contribution is -0.114. The summed E-state index contributed by atoms with van der Waals surface area (Å²) in [7, 11) is 0. The number of aromatic nitrogens is 2. The Kier molecular flexibility index (Phi) is 2.67. The van der Waals surface area contributed by atoms with Crippen LogP contribution in [-0.4, -0.2) is 27.8 Å². The maximum Gasteiger partial charge on any atom is 0.299 e. The lowest BCUT2D eigenvalue weighted by atomic mass is 10.1. The number of hydrogen-bond donors (Lipinski definition) is 0. The van der Waals surface area contributed by atoms with Crippen LogP contribution in [0.25, 0.3) is 0 Å². The van der Waals surface area contributed by atoms with Crippen LogP contribution >= 0.6 is 0 Å². The maximum atomic E-state index is 12.0. The number of nitrogens with zero attached hydrogens (tertiary/aromatic N) is 3. The number of fused-ring (bicyclic) bond motifs is 1. The summed E-state index contributed by atoms with van der Waals surface area (Å²) in [4.78, 5) is 29.4. The Hall–Kier alpha value is -2.43. The first-order valence-corrected chi connectivity index (χ1v) is 6.09. The Labute approximate surface area is 110 Å². The number of Topliss-reactive ketones (excluding diaryl/α,β-unsaturated/α-hetero) is 1. The largest absolute Gasteiger partial charge is 0.336 e. The van der Waals surface area contributed by atoms with E-state index in [4.69, 9.17) is 0 Å². The first-order valence-electron chi connectivity index (χ1n) is 6.09. The minimum Gasteiger partial charge on any atom is -0.336 e. The van der Waals surface area contributed by atoms with Gasteiger partial charge in [-0.05, 0) is 19.1 Å². The Morgan fingerprint density at radius 1 is 1.21 bits per heavy atom. The normalized spacial score (nSPS) is 14.1. The average Bonchev–Trinajstić information content (AvgIpc) is 2.98. The molecular weight excluding hydrogens is 242 g/mol. The number of amides is 1. The van der Waals surface area contributed by atoms with E-state index in [9.17, 15) is 9.59 Å². The van der Waals surface area contributed by atoms with Gasteiger partial charge in [0.05, 0.1) is 17.6 Å². The third-order valence-corrected chi connectivity index (χ3v) is 3.27. The van der Waals surface area contributed by atoms with Crippen molar-refractivity contribution in [3.8, 4) is 0 Å². The van der Waals surface area contributed by atoms with Crippen LogP contribution in [0.15, 0.2) is 36.9 Å². The summed E-state index contributed by atoms with van der Waals surface area (Å²) >= 11 is 0. The summed E-state index contributed by atoms with van der Waals surface area (Å²) in [6.45, 7) is 3.00. The van der Waals surface area contributed by atoms with Gasteiger partial charge in [0.1, 0.15) is 0 Å². The van der Waals surface area contributed by atoms with Gasteiger partial charge in [-0.15, -0.1) is 0 Å². The van der Waals surface area contributed by atoms with E-state index in [1.165, 1.54) is 4.90 Å². The molecule has 0 unspecified atom stereocenters. The third-order valence-electron chi connectivity index (χ3n) is 3.27. The summed E-state index contributed by atoms with van der Waals surface area (Å²) in [6.07, 6.45) is 5.21. The summed E-state index contributed by atoms with van der Waals surface area (Å²) in [5, 5.41) is 0. The molecule has 0 spiro atoms. The van der Waals surface area contributed by atoms with Gasteiger partial charge >= 0.3 is 0 Å². The first-order chi connectivity index (χ1) is 9.16. The molecule has 0 saturated carbocycles. The number of rotatable bonds is 3. The van der Waals surface area contributed by atoms with Gasteiger partial charge in [-0.25, -0.2) is 4.98 Å². The summed E-state index contributed by atoms with van der Waals surface area (Å²) < 4.78 is 1.88. The zero-order chi connectivity index (χ0) is 13.4. The number of ketones is 1. The molecule has 1 aromatic heterocycles. The van der Waals surface area contributed by atoms with Crippen molar-refractivity contribution in [3.05, 3.63) is 48.0 Å². The molecule has 0 bridgehead atoms. The van der Waals surface area contributed by atoms with Crippen molar-refractivity contribution in [1.29, 1.82) is 0 Å². The number of anilines is 1. The lowest BCUT2D eigenvalue weighted by Crippen LogP contribution is -2.32. The van der Waals surface area contributed by atoms with Gasteiger partial charge in [0.25, 0.3) is 11.7 Å². The predicted molar refractivity (Wildman–Crippen MR) is 70.1 cm³/mol. The summed E-state index contributed by atoms with van der Waals surface area (Å²) in [5.74, 6) is -0.856. The molecule has 96 valence electrons. The molecule has 0 saturated heterocycles. The van der Waals surface area contributed by atoms with Crippen molar-refractivity contribution in [2.45, 2.75) is 13.5 Å². The second kappa shape index (κ2) is 4.35. The van der Waals surface area contributed by atoms with Crippen LogP contribution in [0.5, 0.6) is 0 Å². The zero-order valence-electron chi connectivity index (χ0n) is 10.5. The quantitative estimate of drug-likeness (QED) is 0.779. The molecular formula is C14H13N3O2. The van der Waals surface area contributed by atoms with Gasteiger partial charge in [-0.3, -0.25) is 9.59 Å². The van der Waals surface area contributed by atoms with Crippen molar-refractivity contribution in [2.75, 3.05) is 11.4 Å². The van der Waals surface area contributed by atoms with E-state index in [1.807, 2.05) is 29.8 Å². The number of carbonyl (C=O) groups is 2. The van der Waals surface area contributed by atoms with Crippen LogP contribution in [0.2, 0.25) is 0 Å². The van der Waals surface area contributed by atoms with Crippen molar-refractivity contribution in [1.82, 2.24) is 9.55 Å². The first kappa shape index (κ1) is 11.6. The Morgan fingerprint density at radius 2 is 2.05 bits per heavy atom. The van der Waals surface area contributed by atoms with Gasteiger partial charge in [-0.2, -0.15) is 0 Å². The monoisotopic (exact) mass is 255 g/mol. The fraction of sp³-hybridized carbons (Fsp3) is 0.214. The number of benzene rings is 1. The zero-order valence-corrected chi connectivity index (χ0v) is 10.5. The van der Waals surface area contributed by atoms with Gasteiger partial charge < -0.3 is 9.47 Å². The highest BCUT2D eigenvalue weighted by Gasteiger charge is 2.35. The number of imidazole rings is 1. The fourth-order valence-corrected chi connectivity index (χ4v) is 2.27. The molecule has 1 aromatic carbocycles. The lowest BCUT2D eigenvalue weighted by Gasteiger charge is -2.16. The molecule has 0 aliphatic carbocycles. The molecule has 2 aromatic rings. The van der Waals surface area contributed by atoms with Crippen molar-refractivity contribution in [3.63, 3.8) is 0 Å². The molecule has 5 heteroatoms. The van der Waals surface area contributed by atoms with E-state index >= 15 is 0 Å². The second-order valence-electron chi connectivity index (χ2n) is 4.61. The number of carbonyl (C=O) groups excluding carboxylic acids is 2. The Balaban J connectivity index is 1.87. The number of aryl methyl sites for hydroxylation is 1. The fourth-order valence-electron chi connectivity index (χ4n) is 2.27. The van der Waals surface area contributed by atoms with Gasteiger partial charge in [0.15, 0.2) is 0 Å². The molecule has 19 heavy (non-hydrogen) atoms. The predicted octanol–water partition coefficient (Wildman–Crippen LogP) is 1.42. The molecule has 0 atom stereocenters. The topological polar surface area (TPSA) is 55.2 Å². The van der Waals surface area contributed by atoms with Crippen LogP contribution in [-0.2, 0) is 11.3 Å². The highest BCUT2D eigenvalue weighted by atomic mass is 16.2. The van der Waals surface area contributed by atoms with Crippen LogP contribution in [0.3, 0.4) is 0 Å². The summed E-state index contributed by atoms with van der Waals surface area (Å²) in [6, 6.07) is 5.52. The van der Waals surface area contributed by atoms with E-state index in [0.29, 0.717) is 24.3 Å². The summed E-state index contributed by atoms with van der Waals surface area (Å²) in [5.41, 5.74) is 2.20. The standard InChI is InChI=1S/C14H13N3O2/c1-10-2-3-12-11(8-10)13(18)14(19)17(12)7-6-16-5-4-15-9-16/h2-5,8-9H,6-7H2,1H3. The van der Waals surface area contributed by atoms with Gasteiger partial charge in [0, 0.05) is 25.5 Å². The maximum absolute atomic E-state index is 12.0. The van der Waals surface area contributed by atoms with Crippen molar-refractivity contribution in [2.24, 2.45) is 0 Å². The van der Waals surface area contributed by atoms with Crippen LogP contribution < -0.4 is 4.90 Å². The van der Waals surface area contributed by atoms with Crippen LogP contribution in [0, 0.1) is 6.92 Å². The second-order valence-corrected chi connectivity index (χ2v) is 4.61. The Bertz CT molecular complexity index is 647. The molecule has 5 nitrogen and oxygen atoms in total. The molecule has 1 amide bonds. The molecule has 0 fully saturated rings. The smallest absolute Gasteiger partial charge is 0.299 e. The molecule has 2 heterocycles. The van der Waals surface area contributed by atoms with Gasteiger partial charge in [-0.1, -0.05) is 11.6 Å². The van der Waals surface area contributed by atoms with Crippen molar-refractivity contribution >= 4 is 17.4 Å². The third kappa shape index (κ3) is 1.93. The van der Waals surface area contributed by atoms with E-state index in [1.54, 1.807) is 18.6 Å². The van der Waals surface area contributed by atoms with Crippen LogP contribution in [0.4, 0.5) is 5.69 Å². The number of hydrogen-bond acceptors (Lipinski definition) is 3. The molecule has 1 aliphatic heterocycles. The van der Waals surface area contributed by atoms with Gasteiger partial charge in [0.2, 0.25) is 0 Å². The minimum absolute atomic E-state index is 0.413. The Morgan fingerprint density at radius 3 is 2.79 bits per heavy atom. The van der Waals surface area contributed by atoms with E-state index in [-0.39, 0.29) is 0 Å². The molecule has 1 aliphatic rings. The van der Waals surface area contributed by atoms with E-state index in [2.05, 4.69) is 4.98 Å². The van der Waals surface area contributed by atoms with E-state index < -0.39 is 11.7 Å². The minimum atomic E-state index is -0.444. The highest BCUT2D eigenvalue weighted by Crippen LogP contribution is 2.29. The molecule has 0 radical (unpaired) electrons. The molecule has 0 N–H and O–H groups in total. The highest BCUT2D eigenvalue weighted by molar-refractivity contribution is 6.52. The SMILES string of the molecule is Cc1ccc2c(c1)C(=O)C(=O)N2CCn1ccnc1. The van der Waals surface area contributed by atoms with E-state index in [0.717, 1.165) is 5.56 Å². The average molecular weight is 255 g/mol. The molecule has 3 rings (SSSR count). The van der Waals surface area contributed by atoms with Crippen molar-refractivity contribution < 1.29 is 9.59 Å². The van der Waals surface area contributed by atoms with Crippen LogP contribution in [0.1, 0.15) is 15.9 Å².